The van der Waals surface area contributed by atoms with Gasteiger partial charge in [-0.3, -0.25) is 0 Å². The average Bonchev–Trinajstić information content (AvgIpc) is 2.14. The predicted molar refractivity (Wildman–Crippen MR) is 57.4 cm³/mol. The highest BCUT2D eigenvalue weighted by molar-refractivity contribution is 9.09. The van der Waals surface area contributed by atoms with Gasteiger partial charge < -0.3 is 0 Å². The fourth-order valence-electron chi connectivity index (χ4n) is 1.31. The number of rotatable bonds is 3. The molecule has 0 bridgehead atoms. The van der Waals surface area contributed by atoms with E-state index in [1.54, 1.807) is 0 Å². The summed E-state index contributed by atoms with van der Waals surface area (Å²) in [6.07, 6.45) is 0.784. The largest absolute Gasteiger partial charge is 0.207 e. The number of alkyl halides is 1. The Morgan fingerprint density at radius 2 is 1.67 bits per heavy atom. The first-order valence-electron chi connectivity index (χ1n) is 4.75. The highest BCUT2D eigenvalue weighted by Gasteiger charge is 2.22. The fraction of sp³-hybridized carbons (Fsp3) is 0.455. The van der Waals surface area contributed by atoms with Gasteiger partial charge in [0.05, 0.1) is 0 Å². The SMILES string of the molecule is CCC(C)C(Br)c1c(F)cc(F)cc1F. The van der Waals surface area contributed by atoms with Crippen LogP contribution >= 0.6 is 15.9 Å². The van der Waals surface area contributed by atoms with Crippen molar-refractivity contribution >= 4 is 15.9 Å². The van der Waals surface area contributed by atoms with Crippen LogP contribution in [0.5, 0.6) is 0 Å². The maximum atomic E-state index is 13.3. The Labute approximate surface area is 95.6 Å². The molecular formula is C11H12BrF3. The maximum absolute atomic E-state index is 13.3. The third-order valence-electron chi connectivity index (χ3n) is 2.46. The van der Waals surface area contributed by atoms with Crippen LogP contribution in [0.1, 0.15) is 30.7 Å². The van der Waals surface area contributed by atoms with Gasteiger partial charge in [-0.25, -0.2) is 13.2 Å². The zero-order valence-corrected chi connectivity index (χ0v) is 10.1. The second kappa shape index (κ2) is 5.01. The predicted octanol–water partition coefficient (Wildman–Crippen LogP) is 4.59. The van der Waals surface area contributed by atoms with Crippen LogP contribution in [-0.4, -0.2) is 0 Å². The van der Waals surface area contributed by atoms with Crippen LogP contribution in [0.3, 0.4) is 0 Å². The summed E-state index contributed by atoms with van der Waals surface area (Å²) >= 11 is 3.24. The lowest BCUT2D eigenvalue weighted by Crippen LogP contribution is -2.07. The molecule has 2 unspecified atom stereocenters. The summed E-state index contributed by atoms with van der Waals surface area (Å²) < 4.78 is 39.4. The zero-order valence-electron chi connectivity index (χ0n) is 8.53. The molecule has 15 heavy (non-hydrogen) atoms. The number of hydrogen-bond donors (Lipinski definition) is 0. The lowest BCUT2D eigenvalue weighted by Gasteiger charge is -2.18. The molecule has 0 spiro atoms. The molecule has 1 aromatic rings. The highest BCUT2D eigenvalue weighted by Crippen LogP contribution is 2.36. The van der Waals surface area contributed by atoms with Crippen molar-refractivity contribution in [1.82, 2.24) is 0 Å². The topological polar surface area (TPSA) is 0 Å². The molecule has 0 saturated heterocycles. The van der Waals surface area contributed by atoms with E-state index >= 15 is 0 Å². The van der Waals surface area contributed by atoms with Crippen molar-refractivity contribution in [2.45, 2.75) is 25.1 Å². The standard InChI is InChI=1S/C11H12BrF3/c1-3-6(2)11(12)10-8(14)4-7(13)5-9(10)15/h4-6,11H,3H2,1-2H3. The van der Waals surface area contributed by atoms with Crippen molar-refractivity contribution in [2.24, 2.45) is 5.92 Å². The van der Waals surface area contributed by atoms with E-state index in [9.17, 15) is 13.2 Å². The molecule has 0 heterocycles. The maximum Gasteiger partial charge on any atom is 0.133 e. The van der Waals surface area contributed by atoms with Crippen LogP contribution in [0.2, 0.25) is 0 Å². The molecule has 0 radical (unpaired) electrons. The summed E-state index contributed by atoms with van der Waals surface area (Å²) in [6, 6.07) is 1.41. The Kier molecular flexibility index (Phi) is 4.20. The minimum atomic E-state index is -0.891. The van der Waals surface area contributed by atoms with E-state index in [1.807, 2.05) is 13.8 Å². The third-order valence-corrected chi connectivity index (χ3v) is 3.82. The van der Waals surface area contributed by atoms with Crippen molar-refractivity contribution in [3.05, 3.63) is 35.1 Å². The van der Waals surface area contributed by atoms with E-state index in [0.29, 0.717) is 12.1 Å². The number of benzene rings is 1. The molecule has 0 fully saturated rings. The van der Waals surface area contributed by atoms with Gasteiger partial charge in [-0.1, -0.05) is 36.2 Å². The number of hydrogen-bond acceptors (Lipinski definition) is 0. The van der Waals surface area contributed by atoms with Crippen LogP contribution in [0.25, 0.3) is 0 Å². The molecule has 0 aliphatic carbocycles. The van der Waals surface area contributed by atoms with Crippen LogP contribution in [0.4, 0.5) is 13.2 Å². The molecule has 4 heteroatoms. The van der Waals surface area contributed by atoms with Crippen LogP contribution in [0, 0.1) is 23.4 Å². The lowest BCUT2D eigenvalue weighted by molar-refractivity contribution is 0.482. The molecule has 0 aromatic heterocycles. The normalized spacial score (nSPS) is 15.1. The van der Waals surface area contributed by atoms with Crippen LogP contribution in [0.15, 0.2) is 12.1 Å². The molecule has 2 atom stereocenters. The van der Waals surface area contributed by atoms with E-state index < -0.39 is 22.3 Å². The smallest absolute Gasteiger partial charge is 0.133 e. The van der Waals surface area contributed by atoms with Gasteiger partial charge >= 0.3 is 0 Å². The van der Waals surface area contributed by atoms with Gasteiger partial charge in [-0.15, -0.1) is 0 Å². The first-order chi connectivity index (χ1) is 6.97. The first kappa shape index (κ1) is 12.6. The van der Waals surface area contributed by atoms with Crippen molar-refractivity contribution in [2.75, 3.05) is 0 Å². The first-order valence-corrected chi connectivity index (χ1v) is 5.67. The molecular weight excluding hydrogens is 269 g/mol. The molecule has 0 N–H and O–H groups in total. The van der Waals surface area contributed by atoms with Crippen molar-refractivity contribution in [1.29, 1.82) is 0 Å². The molecule has 1 rings (SSSR count). The van der Waals surface area contributed by atoms with Gasteiger partial charge in [-0.05, 0) is 5.92 Å². The molecule has 1 aromatic carbocycles. The summed E-state index contributed by atoms with van der Waals surface area (Å²) in [6.45, 7) is 3.81. The third kappa shape index (κ3) is 2.74. The van der Waals surface area contributed by atoms with Crippen LogP contribution in [-0.2, 0) is 0 Å². The van der Waals surface area contributed by atoms with Crippen LogP contribution < -0.4 is 0 Å². The summed E-state index contributed by atoms with van der Waals surface area (Å²) in [5.41, 5.74) is -0.0919. The molecule has 0 amide bonds. The Morgan fingerprint density at radius 1 is 1.20 bits per heavy atom. The highest BCUT2D eigenvalue weighted by atomic mass is 79.9. The fourth-order valence-corrected chi connectivity index (χ4v) is 2.12. The second-order valence-electron chi connectivity index (χ2n) is 3.57. The van der Waals surface area contributed by atoms with E-state index in [-0.39, 0.29) is 11.5 Å². The second-order valence-corrected chi connectivity index (χ2v) is 4.56. The Balaban J connectivity index is 3.13. The lowest BCUT2D eigenvalue weighted by atomic mass is 9.98. The average molecular weight is 281 g/mol. The zero-order chi connectivity index (χ0) is 11.6. The molecule has 0 aliphatic heterocycles. The minimum Gasteiger partial charge on any atom is -0.207 e. The van der Waals surface area contributed by atoms with Crippen molar-refractivity contribution in [3.63, 3.8) is 0 Å². The monoisotopic (exact) mass is 280 g/mol. The van der Waals surface area contributed by atoms with Gasteiger partial charge in [0, 0.05) is 22.5 Å². The molecule has 0 saturated carbocycles. The summed E-state index contributed by atoms with van der Waals surface area (Å²) in [5, 5.41) is 0. The van der Waals surface area contributed by atoms with E-state index in [0.717, 1.165) is 6.42 Å². The number of halogens is 4. The summed E-state index contributed by atoms with van der Waals surface area (Å²) in [7, 11) is 0. The Hall–Kier alpha value is -0.510. The molecule has 84 valence electrons. The van der Waals surface area contributed by atoms with Gasteiger partial charge in [0.2, 0.25) is 0 Å². The molecule has 0 aliphatic rings. The van der Waals surface area contributed by atoms with E-state index in [1.165, 1.54) is 0 Å². The van der Waals surface area contributed by atoms with Crippen molar-refractivity contribution in [3.8, 4) is 0 Å². The van der Waals surface area contributed by atoms with Gasteiger partial charge in [-0.2, -0.15) is 0 Å². The van der Waals surface area contributed by atoms with Gasteiger partial charge in [0.15, 0.2) is 0 Å². The summed E-state index contributed by atoms with van der Waals surface area (Å²) in [5.74, 6) is -2.48. The van der Waals surface area contributed by atoms with E-state index in [4.69, 9.17) is 0 Å². The Morgan fingerprint density at radius 3 is 2.07 bits per heavy atom. The summed E-state index contributed by atoms with van der Waals surface area (Å²) in [4.78, 5) is -0.428. The van der Waals surface area contributed by atoms with Crippen molar-refractivity contribution < 1.29 is 13.2 Å². The van der Waals surface area contributed by atoms with E-state index in [2.05, 4.69) is 15.9 Å². The van der Waals surface area contributed by atoms with Gasteiger partial charge in [0.1, 0.15) is 17.5 Å². The Bertz CT molecular complexity index is 329. The minimum absolute atomic E-state index is 0.0828. The molecule has 0 nitrogen and oxygen atoms in total. The quantitative estimate of drug-likeness (QED) is 0.711. The van der Waals surface area contributed by atoms with Gasteiger partial charge in [0.25, 0.3) is 0 Å².